The molecular weight excluding hydrogens is 951 g/mol. The average Bonchev–Trinajstić information content (AvgIpc) is 3.78. The molecule has 5 aromatic carbocycles. The van der Waals surface area contributed by atoms with Gasteiger partial charge in [-0.15, -0.1) is 23.8 Å². The number of fused-ring (bicyclic) bond motifs is 4. The normalized spacial score (nSPS) is 13.8. The Hall–Kier alpha value is -3.87. The van der Waals surface area contributed by atoms with Crippen molar-refractivity contribution >= 4 is 60.2 Å². The van der Waals surface area contributed by atoms with Crippen LogP contribution in [0.3, 0.4) is 0 Å². The maximum absolute atomic E-state index is 8.80. The van der Waals surface area contributed by atoms with E-state index >= 15 is 0 Å². The molecule has 0 aliphatic heterocycles. The first-order chi connectivity index (χ1) is 28.6. The molecule has 3 nitrogen and oxygen atoms in total. The third-order valence-corrected chi connectivity index (χ3v) is 15.3. The van der Waals surface area contributed by atoms with Crippen molar-refractivity contribution in [3.8, 4) is 28.3 Å². The molecule has 1 radical (unpaired) electrons. The van der Waals surface area contributed by atoms with E-state index in [1.54, 1.807) is 12.1 Å². The molecule has 8 aromatic rings. The first-order valence-corrected chi connectivity index (χ1v) is 27.7. The van der Waals surface area contributed by atoms with Crippen LogP contribution in [-0.4, -0.2) is 27.8 Å². The number of hydrogen-bond acceptors (Lipinski definition) is 3. The van der Waals surface area contributed by atoms with Gasteiger partial charge in [0.1, 0.15) is 0 Å². The quantitative estimate of drug-likeness (QED) is 0.118. The van der Waals surface area contributed by atoms with E-state index in [0.29, 0.717) is 28.7 Å². The molecule has 0 N–H and O–H groups in total. The molecule has 0 aliphatic rings. The molecular formula is C51H55GeIrN3S-2. The summed E-state index contributed by atoms with van der Waals surface area (Å²) in [6.07, 6.45) is 0.303. The zero-order valence-electron chi connectivity index (χ0n) is 39.6. The Bertz CT molecular complexity index is 2840. The Morgan fingerprint density at radius 3 is 2.12 bits per heavy atom. The zero-order chi connectivity index (χ0) is 44.2. The van der Waals surface area contributed by atoms with E-state index in [9.17, 15) is 0 Å². The van der Waals surface area contributed by atoms with E-state index in [1.165, 1.54) is 43.1 Å². The van der Waals surface area contributed by atoms with Gasteiger partial charge in [0, 0.05) is 30.5 Å². The fraction of sp³-hybridized carbons (Fsp3) is 0.294. The molecule has 0 amide bonds. The molecule has 57 heavy (non-hydrogen) atoms. The van der Waals surface area contributed by atoms with Gasteiger partial charge in [-0.3, -0.25) is 4.98 Å². The largest absolute Gasteiger partial charge is 0 e. The molecule has 0 aliphatic carbocycles. The van der Waals surface area contributed by atoms with Crippen molar-refractivity contribution in [1.29, 1.82) is 0 Å². The smallest absolute Gasteiger partial charge is 0 e. The van der Waals surface area contributed by atoms with Crippen LogP contribution >= 0.6 is 11.3 Å². The Labute approximate surface area is 367 Å². The predicted octanol–water partition coefficient (Wildman–Crippen LogP) is 14.1. The van der Waals surface area contributed by atoms with Crippen molar-refractivity contribution < 1.29 is 27.0 Å². The number of nitrogens with zero attached hydrogens (tertiary/aromatic N) is 3. The minimum Gasteiger partial charge on any atom is 0 e. The number of aromatic nitrogens is 3. The summed E-state index contributed by atoms with van der Waals surface area (Å²) >= 11 is -0.530. The second-order valence-electron chi connectivity index (χ2n) is 17.3. The van der Waals surface area contributed by atoms with Crippen molar-refractivity contribution in [2.75, 3.05) is 0 Å². The third kappa shape index (κ3) is 9.23. The molecule has 0 saturated carbocycles. The van der Waals surface area contributed by atoms with Crippen molar-refractivity contribution in [3.05, 3.63) is 144 Å². The van der Waals surface area contributed by atoms with Crippen molar-refractivity contribution in [1.82, 2.24) is 14.5 Å². The van der Waals surface area contributed by atoms with Gasteiger partial charge < -0.3 is 4.57 Å². The van der Waals surface area contributed by atoms with Crippen molar-refractivity contribution in [2.45, 2.75) is 90.8 Å². The van der Waals surface area contributed by atoms with Crippen LogP contribution in [0.1, 0.15) is 89.4 Å². The number of pyridine rings is 1. The molecule has 0 bridgehead atoms. The minimum absolute atomic E-state index is 0. The van der Waals surface area contributed by atoms with Crippen molar-refractivity contribution in [3.63, 3.8) is 0 Å². The Morgan fingerprint density at radius 1 is 0.789 bits per heavy atom. The van der Waals surface area contributed by atoms with Crippen LogP contribution in [-0.2, 0) is 26.5 Å². The Morgan fingerprint density at radius 2 is 1.47 bits per heavy atom. The second kappa shape index (κ2) is 17.2. The SMILES string of the molecule is CC(C)c1cccc(C(C)C)c1-n1c(-c2[c-]cc3sc4ccccc4c3c2)nc2ccccc21.[2H]C([2H])([2H])c1c[c-]c(-c2cc(C([2H])([2H])C(C)(C)C)[c]([Ge]([CH3])([CH3])[CH3])cn2)cc1.[Ir]. The van der Waals surface area contributed by atoms with Gasteiger partial charge in [-0.1, -0.05) is 81.6 Å². The summed E-state index contributed by atoms with van der Waals surface area (Å²) < 4.78 is 46.1. The molecule has 3 aromatic heterocycles. The molecule has 6 heteroatoms. The number of thiophene rings is 1. The average molecular weight is 1010 g/mol. The second-order valence-corrected chi connectivity index (χ2v) is 29.0. The maximum atomic E-state index is 8.80. The molecule has 295 valence electrons. The van der Waals surface area contributed by atoms with Crippen LogP contribution in [0.4, 0.5) is 0 Å². The Balaban J connectivity index is 0.000000210. The van der Waals surface area contributed by atoms with Gasteiger partial charge >= 0.3 is 145 Å². The predicted molar refractivity (Wildman–Crippen MR) is 246 cm³/mol. The van der Waals surface area contributed by atoms with Crippen LogP contribution in [0.25, 0.3) is 59.5 Å². The van der Waals surface area contributed by atoms with Gasteiger partial charge in [0.15, 0.2) is 0 Å². The van der Waals surface area contributed by atoms with Gasteiger partial charge in [-0.05, 0) is 51.2 Å². The van der Waals surface area contributed by atoms with Crippen LogP contribution in [0, 0.1) is 24.4 Å². The van der Waals surface area contributed by atoms with E-state index in [0.717, 1.165) is 26.8 Å². The summed E-state index contributed by atoms with van der Waals surface area (Å²) in [5.41, 5.74) is 8.77. The van der Waals surface area contributed by atoms with Crippen LogP contribution < -0.4 is 4.40 Å². The third-order valence-electron chi connectivity index (χ3n) is 9.99. The number of imidazole rings is 1. The fourth-order valence-electron chi connectivity index (χ4n) is 7.29. The van der Waals surface area contributed by atoms with E-state index < -0.39 is 31.9 Å². The van der Waals surface area contributed by atoms with Crippen LogP contribution in [0.15, 0.2) is 109 Å². The monoisotopic (exact) mass is 1010 g/mol. The summed E-state index contributed by atoms with van der Waals surface area (Å²) in [5, 5.41) is 2.57. The summed E-state index contributed by atoms with van der Waals surface area (Å²) in [4.78, 5) is 9.74. The van der Waals surface area contributed by atoms with Gasteiger partial charge in [0.25, 0.3) is 0 Å². The maximum Gasteiger partial charge on any atom is 0 e. The number of benzene rings is 5. The van der Waals surface area contributed by atoms with Gasteiger partial charge in [-0.2, -0.15) is 11.3 Å². The first-order valence-electron chi connectivity index (χ1n) is 22.1. The summed E-state index contributed by atoms with van der Waals surface area (Å²) in [6.45, 7) is 12.7. The van der Waals surface area contributed by atoms with E-state index in [-0.39, 0.29) is 25.7 Å². The standard InChI is InChI=1S/C31H27N2S.C20H28GeN.Ir/c1-19(2)22-11-9-12-23(20(3)4)30(22)33-27-14-7-6-13-26(27)32-31(33)21-16-17-29-25(18-21)24-10-5-8-15-28(24)34-29;1-15-8-10-16(11-9-15)19-12-17(13-20(2,3)4)18(14-22-19)21(5,6)7;/h5-15,17-20H,1-4H3;8-10,12,14H,13H2,1-7H3;/q2*-1;/i;1D3,13D2;. The summed E-state index contributed by atoms with van der Waals surface area (Å²) in [7, 11) is 0. The van der Waals surface area contributed by atoms with Crippen molar-refractivity contribution in [2.24, 2.45) is 5.41 Å². The van der Waals surface area contributed by atoms with E-state index in [2.05, 4.69) is 146 Å². The molecule has 3 heterocycles. The fourth-order valence-corrected chi connectivity index (χ4v) is 11.3. The van der Waals surface area contributed by atoms with E-state index in [4.69, 9.17) is 11.8 Å². The first kappa shape index (κ1) is 36.2. The Kier molecular flexibility index (Phi) is 10.9. The number of hydrogen-bond donors (Lipinski definition) is 0. The minimum atomic E-state index is -2.36. The zero-order valence-corrected chi connectivity index (χ0v) is 39.9. The number of para-hydroxylation sites is 3. The van der Waals surface area contributed by atoms with Gasteiger partial charge in [0.2, 0.25) is 0 Å². The van der Waals surface area contributed by atoms with Gasteiger partial charge in [-0.25, -0.2) is 0 Å². The number of aryl methyl sites for hydroxylation is 1. The molecule has 8 rings (SSSR count). The summed E-state index contributed by atoms with van der Waals surface area (Å²) in [5.74, 6) is 8.45. The van der Waals surface area contributed by atoms with E-state index in [1.807, 2.05) is 44.4 Å². The van der Waals surface area contributed by atoms with Crippen LogP contribution in [0.2, 0.25) is 17.3 Å². The number of rotatable bonds is 7. The molecule has 0 atom stereocenters. The van der Waals surface area contributed by atoms with Gasteiger partial charge in [0.05, 0.1) is 16.9 Å². The molecule has 0 unspecified atom stereocenters. The molecule has 0 fully saturated rings. The van der Waals surface area contributed by atoms with Crippen LogP contribution in [0.5, 0.6) is 0 Å². The molecule has 0 spiro atoms. The molecule has 0 saturated heterocycles. The summed E-state index contributed by atoms with van der Waals surface area (Å²) in [6, 6.07) is 41.4. The topological polar surface area (TPSA) is 30.7 Å².